The van der Waals surface area contributed by atoms with Gasteiger partial charge in [-0.1, -0.05) is 97.1 Å². The molecule has 0 aliphatic rings. The van der Waals surface area contributed by atoms with Gasteiger partial charge in [-0.15, -0.1) is 0 Å². The van der Waals surface area contributed by atoms with E-state index in [1.807, 2.05) is 12.1 Å². The van der Waals surface area contributed by atoms with Gasteiger partial charge < -0.3 is 0 Å². The van der Waals surface area contributed by atoms with Crippen molar-refractivity contribution in [1.29, 1.82) is 0 Å². The van der Waals surface area contributed by atoms with Gasteiger partial charge >= 0.3 is 0 Å². The van der Waals surface area contributed by atoms with E-state index in [0.29, 0.717) is 11.1 Å². The molecule has 0 fully saturated rings. The first kappa shape index (κ1) is 26.8. The van der Waals surface area contributed by atoms with E-state index in [-0.39, 0.29) is 34.6 Å². The zero-order chi connectivity index (χ0) is 26.8. The Hall–Kier alpha value is -4.28. The van der Waals surface area contributed by atoms with Crippen molar-refractivity contribution in [2.45, 2.75) is 9.79 Å². The Morgan fingerprint density at radius 3 is 1.08 bits per heavy atom. The normalized spacial score (nSPS) is 12.6. The maximum Gasteiger partial charge on any atom is 0.263 e. The number of amidine groups is 2. The lowest BCUT2D eigenvalue weighted by Crippen LogP contribution is -2.32. The predicted molar refractivity (Wildman–Crippen MR) is 149 cm³/mol. The zero-order valence-corrected chi connectivity index (χ0v) is 21.9. The van der Waals surface area contributed by atoms with Crippen LogP contribution in [0.5, 0.6) is 0 Å². The fourth-order valence-corrected chi connectivity index (χ4v) is 5.59. The average molecular weight is 547 g/mol. The van der Waals surface area contributed by atoms with E-state index < -0.39 is 20.0 Å². The summed E-state index contributed by atoms with van der Waals surface area (Å²) in [6, 6.07) is 33.8. The average Bonchev–Trinajstić information content (AvgIpc) is 2.96. The number of hydrogen-bond acceptors (Lipinski definition) is 6. The highest BCUT2D eigenvalue weighted by Gasteiger charge is 2.18. The lowest BCUT2D eigenvalue weighted by molar-refractivity contribution is 0.590. The molecule has 4 aromatic rings. The summed E-state index contributed by atoms with van der Waals surface area (Å²) in [5.41, 5.74) is 1.17. The van der Waals surface area contributed by atoms with E-state index in [2.05, 4.69) is 19.4 Å². The van der Waals surface area contributed by atoms with Crippen molar-refractivity contribution in [1.82, 2.24) is 9.44 Å². The summed E-state index contributed by atoms with van der Waals surface area (Å²) in [6.07, 6.45) is 0. The number of hydrogen-bond donors (Lipinski definition) is 2. The lowest BCUT2D eigenvalue weighted by atomic mass is 10.2. The van der Waals surface area contributed by atoms with Crippen LogP contribution in [0.15, 0.2) is 141 Å². The van der Waals surface area contributed by atoms with Crippen molar-refractivity contribution in [2.24, 2.45) is 9.98 Å². The Kier molecular flexibility index (Phi) is 8.67. The van der Waals surface area contributed by atoms with Crippen LogP contribution in [0.4, 0.5) is 0 Å². The molecule has 0 radical (unpaired) electrons. The summed E-state index contributed by atoms with van der Waals surface area (Å²) < 4.78 is 56.9. The molecule has 4 aromatic carbocycles. The zero-order valence-electron chi connectivity index (χ0n) is 20.3. The van der Waals surface area contributed by atoms with Gasteiger partial charge in [-0.05, 0) is 24.3 Å². The molecule has 194 valence electrons. The summed E-state index contributed by atoms with van der Waals surface area (Å²) in [5.74, 6) is 0.326. The van der Waals surface area contributed by atoms with Gasteiger partial charge in [0, 0.05) is 11.1 Å². The molecule has 0 heterocycles. The highest BCUT2D eigenvalue weighted by Crippen LogP contribution is 2.11. The molecule has 38 heavy (non-hydrogen) atoms. The van der Waals surface area contributed by atoms with Gasteiger partial charge in [-0.3, -0.25) is 19.4 Å². The minimum Gasteiger partial charge on any atom is -0.265 e. The van der Waals surface area contributed by atoms with Gasteiger partial charge in [0.15, 0.2) is 0 Å². The van der Waals surface area contributed by atoms with Crippen molar-refractivity contribution >= 4 is 31.7 Å². The molecule has 8 nitrogen and oxygen atoms in total. The fraction of sp³-hybridized carbons (Fsp3) is 0.0714. The Morgan fingerprint density at radius 2 is 0.763 bits per heavy atom. The Bertz CT molecular complexity index is 1480. The Labute approximate surface area is 222 Å². The van der Waals surface area contributed by atoms with Gasteiger partial charge in [-0.2, -0.15) is 0 Å². The first-order valence-electron chi connectivity index (χ1n) is 11.7. The van der Waals surface area contributed by atoms with Crippen molar-refractivity contribution < 1.29 is 16.8 Å². The maximum absolute atomic E-state index is 12.9. The number of rotatable bonds is 9. The van der Waals surface area contributed by atoms with Crippen molar-refractivity contribution in [2.75, 3.05) is 13.1 Å². The molecule has 4 rings (SSSR count). The molecule has 0 unspecified atom stereocenters. The maximum atomic E-state index is 12.9. The van der Waals surface area contributed by atoms with Crippen LogP contribution < -0.4 is 9.44 Å². The molecule has 0 amide bonds. The number of nitrogens with one attached hydrogen (secondary N) is 2. The third-order valence-corrected chi connectivity index (χ3v) is 8.01. The van der Waals surface area contributed by atoms with Crippen LogP contribution in [0.25, 0.3) is 0 Å². The number of benzene rings is 4. The molecule has 0 spiro atoms. The van der Waals surface area contributed by atoms with Crippen molar-refractivity contribution in [3.63, 3.8) is 0 Å². The van der Waals surface area contributed by atoms with Crippen molar-refractivity contribution in [3.8, 4) is 0 Å². The second-order valence-corrected chi connectivity index (χ2v) is 11.4. The molecule has 0 bridgehead atoms. The number of nitrogens with zero attached hydrogens (tertiary/aromatic N) is 2. The molecule has 10 heteroatoms. The van der Waals surface area contributed by atoms with Gasteiger partial charge in [0.05, 0.1) is 22.9 Å². The SMILES string of the molecule is O=S(=O)(NC(=NCCN=C(NS(=O)(=O)c1ccccc1)c1ccccc1)c1ccccc1)c1ccccc1. The molecule has 0 atom stereocenters. The first-order valence-corrected chi connectivity index (χ1v) is 14.7. The molecule has 2 N–H and O–H groups in total. The van der Waals surface area contributed by atoms with Crippen molar-refractivity contribution in [3.05, 3.63) is 132 Å². The highest BCUT2D eigenvalue weighted by molar-refractivity contribution is 7.90. The molecule has 0 saturated heterocycles. The van der Waals surface area contributed by atoms with E-state index in [1.54, 1.807) is 84.9 Å². The molecule has 0 aliphatic carbocycles. The third-order valence-electron chi connectivity index (χ3n) is 5.30. The topological polar surface area (TPSA) is 117 Å². The first-order chi connectivity index (χ1) is 18.4. The predicted octanol–water partition coefficient (Wildman–Crippen LogP) is 3.84. The summed E-state index contributed by atoms with van der Waals surface area (Å²) >= 11 is 0. The fourth-order valence-electron chi connectivity index (χ4n) is 3.45. The molecule has 0 saturated carbocycles. The lowest BCUT2D eigenvalue weighted by Gasteiger charge is -2.12. The van der Waals surface area contributed by atoms with Gasteiger partial charge in [0.2, 0.25) is 0 Å². The van der Waals surface area contributed by atoms with Gasteiger partial charge in [-0.25, -0.2) is 16.8 Å². The molecule has 0 aliphatic heterocycles. The van der Waals surface area contributed by atoms with Crippen LogP contribution in [-0.2, 0) is 20.0 Å². The summed E-state index contributed by atoms with van der Waals surface area (Å²) in [7, 11) is -7.73. The van der Waals surface area contributed by atoms with Crippen LogP contribution in [-0.4, -0.2) is 41.6 Å². The number of aliphatic imine (C=N–C) groups is 2. The minimum atomic E-state index is -3.87. The second-order valence-electron chi connectivity index (χ2n) is 8.03. The van der Waals surface area contributed by atoms with Crippen LogP contribution in [0.2, 0.25) is 0 Å². The van der Waals surface area contributed by atoms with E-state index in [9.17, 15) is 16.8 Å². The monoisotopic (exact) mass is 546 g/mol. The summed E-state index contributed by atoms with van der Waals surface area (Å²) in [6.45, 7) is 0.204. The quantitative estimate of drug-likeness (QED) is 0.188. The van der Waals surface area contributed by atoms with Crippen LogP contribution in [0, 0.1) is 0 Å². The van der Waals surface area contributed by atoms with E-state index >= 15 is 0 Å². The Morgan fingerprint density at radius 1 is 0.474 bits per heavy atom. The van der Waals surface area contributed by atoms with E-state index in [0.717, 1.165) is 0 Å². The van der Waals surface area contributed by atoms with E-state index in [1.165, 1.54) is 24.3 Å². The standard InChI is InChI=1S/C28H26N4O4S2/c33-37(34,25-17-9-3-10-18-25)31-27(23-13-5-1-6-14-23)29-21-22-30-28(24-15-7-2-8-16-24)32-38(35,36)26-19-11-4-12-20-26/h1-20H,21-22H2,(H,29,31)(H,30,32). The number of sulfonamides is 2. The Balaban J connectivity index is 1.59. The third kappa shape index (κ3) is 7.15. The highest BCUT2D eigenvalue weighted by atomic mass is 32.2. The van der Waals surface area contributed by atoms with Crippen LogP contribution in [0.3, 0.4) is 0 Å². The minimum absolute atomic E-state index is 0.102. The largest absolute Gasteiger partial charge is 0.265 e. The summed E-state index contributed by atoms with van der Waals surface area (Å²) in [4.78, 5) is 9.16. The van der Waals surface area contributed by atoms with Gasteiger partial charge in [0.1, 0.15) is 11.7 Å². The molecular formula is C28H26N4O4S2. The molecular weight excluding hydrogens is 520 g/mol. The molecule has 0 aromatic heterocycles. The van der Waals surface area contributed by atoms with E-state index in [4.69, 9.17) is 0 Å². The van der Waals surface area contributed by atoms with Gasteiger partial charge in [0.25, 0.3) is 20.0 Å². The summed E-state index contributed by atoms with van der Waals surface area (Å²) in [5, 5.41) is 0. The van der Waals surface area contributed by atoms with Crippen LogP contribution >= 0.6 is 0 Å². The smallest absolute Gasteiger partial charge is 0.263 e. The van der Waals surface area contributed by atoms with Crippen LogP contribution in [0.1, 0.15) is 11.1 Å². The second kappa shape index (κ2) is 12.3.